The van der Waals surface area contributed by atoms with Crippen molar-refractivity contribution in [2.75, 3.05) is 26.3 Å². The van der Waals surface area contributed by atoms with Gasteiger partial charge in [-0.15, -0.1) is 0 Å². The molecule has 1 aromatic carbocycles. The van der Waals surface area contributed by atoms with Gasteiger partial charge in [0.2, 0.25) is 5.91 Å². The van der Waals surface area contributed by atoms with Crippen molar-refractivity contribution in [3.05, 3.63) is 29.8 Å². The molecule has 3 rings (SSSR count). The van der Waals surface area contributed by atoms with Crippen LogP contribution in [0.1, 0.15) is 37.2 Å². The van der Waals surface area contributed by atoms with Crippen LogP contribution in [0, 0.1) is 5.92 Å². The lowest BCUT2D eigenvalue weighted by Gasteiger charge is -2.36. The number of hydrogen-bond acceptors (Lipinski definition) is 3. The van der Waals surface area contributed by atoms with E-state index in [1.807, 2.05) is 29.2 Å². The lowest BCUT2D eigenvalue weighted by Crippen LogP contribution is -2.43. The predicted molar refractivity (Wildman–Crippen MR) is 80.3 cm³/mol. The third kappa shape index (κ3) is 3.05. The summed E-state index contributed by atoms with van der Waals surface area (Å²) in [5.74, 6) is 1.46. The van der Waals surface area contributed by atoms with Crippen molar-refractivity contribution >= 4 is 5.91 Å². The maximum atomic E-state index is 12.9. The Hall–Kier alpha value is -1.55. The molecule has 1 N–H and O–H groups in total. The molecule has 0 bridgehead atoms. The molecule has 0 spiro atoms. The zero-order valence-corrected chi connectivity index (χ0v) is 12.3. The smallest absolute Gasteiger partial charge is 0.230 e. The van der Waals surface area contributed by atoms with Crippen molar-refractivity contribution in [3.8, 4) is 5.75 Å². The molecule has 0 saturated carbocycles. The fourth-order valence-corrected chi connectivity index (χ4v) is 3.50. The van der Waals surface area contributed by atoms with Crippen LogP contribution in [0.5, 0.6) is 5.75 Å². The first-order valence-corrected chi connectivity index (χ1v) is 7.91. The minimum atomic E-state index is -0.0668. The molecule has 1 aromatic rings. The number of nitrogens with zero attached hydrogens (tertiary/aromatic N) is 1. The molecule has 2 unspecified atom stereocenters. The van der Waals surface area contributed by atoms with Gasteiger partial charge in [-0.3, -0.25) is 4.79 Å². The Morgan fingerprint density at radius 3 is 3.05 bits per heavy atom. The van der Waals surface area contributed by atoms with E-state index >= 15 is 0 Å². The van der Waals surface area contributed by atoms with Crippen molar-refractivity contribution in [3.63, 3.8) is 0 Å². The molecule has 2 aliphatic heterocycles. The van der Waals surface area contributed by atoms with E-state index in [0.29, 0.717) is 12.5 Å². The Morgan fingerprint density at radius 2 is 2.19 bits per heavy atom. The minimum Gasteiger partial charge on any atom is -0.493 e. The molecular formula is C17H23NO3. The Morgan fingerprint density at radius 1 is 1.33 bits per heavy atom. The number of fused-ring (bicyclic) bond motifs is 1. The highest BCUT2D eigenvalue weighted by atomic mass is 16.5. The number of aliphatic hydroxyl groups is 1. The van der Waals surface area contributed by atoms with Gasteiger partial charge in [0.25, 0.3) is 0 Å². The standard InChI is InChI=1S/C17H23NO3/c19-10-7-13-4-3-9-18(12-13)17(20)15-8-11-21-16-6-2-1-5-14(15)16/h1-2,5-6,13,15,19H,3-4,7-12H2. The summed E-state index contributed by atoms with van der Waals surface area (Å²) in [5, 5.41) is 9.10. The third-order valence-electron chi connectivity index (χ3n) is 4.62. The second-order valence-corrected chi connectivity index (χ2v) is 6.03. The Bertz CT molecular complexity index is 501. The molecule has 2 heterocycles. The van der Waals surface area contributed by atoms with Crippen molar-refractivity contribution in [1.29, 1.82) is 0 Å². The summed E-state index contributed by atoms with van der Waals surface area (Å²) in [6.07, 6.45) is 3.72. The molecule has 1 fully saturated rings. The maximum absolute atomic E-state index is 12.9. The van der Waals surface area contributed by atoms with E-state index in [1.54, 1.807) is 0 Å². The Labute approximate surface area is 125 Å². The van der Waals surface area contributed by atoms with E-state index in [4.69, 9.17) is 9.84 Å². The van der Waals surface area contributed by atoms with Crippen molar-refractivity contribution in [2.24, 2.45) is 5.92 Å². The number of carbonyl (C=O) groups excluding carboxylic acids is 1. The lowest BCUT2D eigenvalue weighted by molar-refractivity contribution is -0.135. The van der Waals surface area contributed by atoms with Gasteiger partial charge in [-0.05, 0) is 37.7 Å². The van der Waals surface area contributed by atoms with Gasteiger partial charge in [-0.2, -0.15) is 0 Å². The van der Waals surface area contributed by atoms with Crippen LogP contribution in [0.15, 0.2) is 24.3 Å². The molecule has 21 heavy (non-hydrogen) atoms. The topological polar surface area (TPSA) is 49.8 Å². The van der Waals surface area contributed by atoms with Crippen LogP contribution in [0.4, 0.5) is 0 Å². The van der Waals surface area contributed by atoms with Crippen LogP contribution in [-0.4, -0.2) is 42.2 Å². The van der Waals surface area contributed by atoms with Crippen LogP contribution >= 0.6 is 0 Å². The quantitative estimate of drug-likeness (QED) is 0.928. The maximum Gasteiger partial charge on any atom is 0.230 e. The number of carbonyl (C=O) groups is 1. The number of hydrogen-bond donors (Lipinski definition) is 1. The molecule has 0 aromatic heterocycles. The molecule has 1 amide bonds. The van der Waals surface area contributed by atoms with Gasteiger partial charge < -0.3 is 14.7 Å². The summed E-state index contributed by atoms with van der Waals surface area (Å²) in [7, 11) is 0. The first-order chi connectivity index (χ1) is 10.3. The van der Waals surface area contributed by atoms with Gasteiger partial charge in [0.15, 0.2) is 0 Å². The molecule has 4 nitrogen and oxygen atoms in total. The van der Waals surface area contributed by atoms with Gasteiger partial charge in [0.05, 0.1) is 12.5 Å². The molecule has 0 radical (unpaired) electrons. The fraction of sp³-hybridized carbons (Fsp3) is 0.588. The van der Waals surface area contributed by atoms with Gasteiger partial charge in [-0.25, -0.2) is 0 Å². The van der Waals surface area contributed by atoms with Gasteiger partial charge in [0, 0.05) is 25.3 Å². The Kier molecular flexibility index (Phi) is 4.44. The fourth-order valence-electron chi connectivity index (χ4n) is 3.50. The summed E-state index contributed by atoms with van der Waals surface area (Å²) >= 11 is 0. The number of rotatable bonds is 3. The number of amides is 1. The van der Waals surface area contributed by atoms with Crippen molar-refractivity contribution < 1.29 is 14.6 Å². The van der Waals surface area contributed by atoms with Crippen molar-refractivity contribution in [1.82, 2.24) is 4.90 Å². The van der Waals surface area contributed by atoms with Crippen LogP contribution in [0.2, 0.25) is 0 Å². The van der Waals surface area contributed by atoms with Crippen LogP contribution in [0.3, 0.4) is 0 Å². The first kappa shape index (κ1) is 14.4. The first-order valence-electron chi connectivity index (χ1n) is 7.91. The second-order valence-electron chi connectivity index (χ2n) is 6.03. The SMILES string of the molecule is O=C(C1CCOc2ccccc21)N1CCCC(CCO)C1. The van der Waals surface area contributed by atoms with Gasteiger partial charge >= 0.3 is 0 Å². The second kappa shape index (κ2) is 6.48. The predicted octanol–water partition coefficient (Wildman–Crippen LogP) is 2.17. The molecule has 1 saturated heterocycles. The van der Waals surface area contributed by atoms with E-state index in [-0.39, 0.29) is 18.4 Å². The highest BCUT2D eigenvalue weighted by molar-refractivity contribution is 5.85. The third-order valence-corrected chi connectivity index (χ3v) is 4.62. The summed E-state index contributed by atoms with van der Waals surface area (Å²) < 4.78 is 5.65. The lowest BCUT2D eigenvalue weighted by atomic mass is 9.89. The summed E-state index contributed by atoms with van der Waals surface area (Å²) in [5.41, 5.74) is 1.03. The number of likely N-dealkylation sites (tertiary alicyclic amines) is 1. The van der Waals surface area contributed by atoms with Crippen LogP contribution < -0.4 is 4.74 Å². The zero-order chi connectivity index (χ0) is 14.7. The molecule has 2 atom stereocenters. The Balaban J connectivity index is 1.74. The minimum absolute atomic E-state index is 0.0668. The number of para-hydroxylation sites is 1. The largest absolute Gasteiger partial charge is 0.493 e. The van der Waals surface area contributed by atoms with Crippen molar-refractivity contribution in [2.45, 2.75) is 31.6 Å². The highest BCUT2D eigenvalue weighted by Gasteiger charge is 2.33. The normalized spacial score (nSPS) is 25.1. The molecule has 114 valence electrons. The van der Waals surface area contributed by atoms with E-state index in [1.165, 1.54) is 0 Å². The zero-order valence-electron chi connectivity index (χ0n) is 12.3. The number of benzene rings is 1. The van der Waals surface area contributed by atoms with E-state index in [0.717, 1.165) is 50.1 Å². The average Bonchev–Trinajstić information content (AvgIpc) is 2.54. The highest BCUT2D eigenvalue weighted by Crippen LogP contribution is 2.35. The number of piperidine rings is 1. The van der Waals surface area contributed by atoms with Crippen LogP contribution in [0.25, 0.3) is 0 Å². The molecule has 2 aliphatic rings. The van der Waals surface area contributed by atoms with Gasteiger partial charge in [0.1, 0.15) is 5.75 Å². The van der Waals surface area contributed by atoms with E-state index < -0.39 is 0 Å². The van der Waals surface area contributed by atoms with Gasteiger partial charge in [-0.1, -0.05) is 18.2 Å². The molecule has 4 heteroatoms. The van der Waals surface area contributed by atoms with E-state index in [9.17, 15) is 4.79 Å². The van der Waals surface area contributed by atoms with E-state index in [2.05, 4.69) is 0 Å². The number of aliphatic hydroxyl groups excluding tert-OH is 1. The average molecular weight is 289 g/mol. The van der Waals surface area contributed by atoms with Crippen LogP contribution in [-0.2, 0) is 4.79 Å². The summed E-state index contributed by atoms with van der Waals surface area (Å²) in [6.45, 7) is 2.47. The summed E-state index contributed by atoms with van der Waals surface area (Å²) in [4.78, 5) is 14.9. The monoisotopic (exact) mass is 289 g/mol. The number of ether oxygens (including phenoxy) is 1. The molecular weight excluding hydrogens is 266 g/mol. The summed E-state index contributed by atoms with van der Waals surface area (Å²) in [6, 6.07) is 7.87. The molecule has 0 aliphatic carbocycles.